The number of carbonyl (C=O) groups is 2. The minimum atomic E-state index is -3.72. The average molecular weight is 437 g/mol. The first-order valence-corrected chi connectivity index (χ1v) is 10.2. The maximum atomic E-state index is 12.6. The molecule has 0 radical (unpaired) electrons. The molecule has 1 saturated heterocycles. The second kappa shape index (κ2) is 7.20. The first kappa shape index (κ1) is 18.6. The van der Waals surface area contributed by atoms with Crippen LogP contribution >= 0.6 is 15.9 Å². The predicted molar refractivity (Wildman–Crippen MR) is 101 cm³/mol. The van der Waals surface area contributed by atoms with E-state index >= 15 is 0 Å². The van der Waals surface area contributed by atoms with Crippen molar-refractivity contribution in [1.82, 2.24) is 4.90 Å². The summed E-state index contributed by atoms with van der Waals surface area (Å²) in [4.78, 5) is 24.8. The molecule has 0 spiro atoms. The van der Waals surface area contributed by atoms with E-state index in [2.05, 4.69) is 20.7 Å². The van der Waals surface area contributed by atoms with Crippen LogP contribution in [0.3, 0.4) is 0 Å². The zero-order valence-electron chi connectivity index (χ0n) is 14.0. The molecule has 1 heterocycles. The van der Waals surface area contributed by atoms with Crippen LogP contribution < -0.4 is 4.72 Å². The highest BCUT2D eigenvalue weighted by molar-refractivity contribution is 9.10. The molecule has 3 rings (SSSR count). The van der Waals surface area contributed by atoms with Gasteiger partial charge in [-0.25, -0.2) is 8.42 Å². The normalized spacial score (nSPS) is 14.8. The number of sulfonamides is 1. The molecule has 136 valence electrons. The third-order valence-corrected chi connectivity index (χ3v) is 6.16. The SMILES string of the molecule is Cc1ccc(Br)cc1S(=O)(=O)Nc1ccc(CN2C(=O)CCC2=O)cc1. The summed E-state index contributed by atoms with van der Waals surface area (Å²) in [6, 6.07) is 11.7. The van der Waals surface area contributed by atoms with Crippen LogP contribution in [0.1, 0.15) is 24.0 Å². The second-order valence-electron chi connectivity index (χ2n) is 6.09. The van der Waals surface area contributed by atoms with Crippen molar-refractivity contribution in [2.45, 2.75) is 31.2 Å². The van der Waals surface area contributed by atoms with Crippen molar-refractivity contribution >= 4 is 43.5 Å². The van der Waals surface area contributed by atoms with E-state index in [0.29, 0.717) is 15.7 Å². The summed E-state index contributed by atoms with van der Waals surface area (Å²) in [5.74, 6) is -0.352. The Morgan fingerprint density at radius 2 is 1.65 bits per heavy atom. The van der Waals surface area contributed by atoms with Crippen molar-refractivity contribution in [3.8, 4) is 0 Å². The van der Waals surface area contributed by atoms with Gasteiger partial charge in [-0.15, -0.1) is 0 Å². The number of halogens is 1. The van der Waals surface area contributed by atoms with E-state index in [-0.39, 0.29) is 36.1 Å². The molecular formula is C18H17BrN2O4S. The summed E-state index contributed by atoms with van der Waals surface area (Å²) in [7, 11) is -3.72. The van der Waals surface area contributed by atoms with Crippen LogP contribution in [-0.2, 0) is 26.2 Å². The minimum Gasteiger partial charge on any atom is -0.280 e. The molecule has 2 aromatic carbocycles. The molecule has 0 atom stereocenters. The number of aryl methyl sites for hydroxylation is 1. The zero-order valence-corrected chi connectivity index (χ0v) is 16.4. The monoisotopic (exact) mass is 436 g/mol. The predicted octanol–water partition coefficient (Wildman–Crippen LogP) is 3.21. The molecule has 8 heteroatoms. The van der Waals surface area contributed by atoms with Gasteiger partial charge in [0.2, 0.25) is 11.8 Å². The van der Waals surface area contributed by atoms with Crippen LogP contribution in [0.4, 0.5) is 5.69 Å². The second-order valence-corrected chi connectivity index (χ2v) is 8.65. The number of nitrogens with one attached hydrogen (secondary N) is 1. The molecule has 2 amide bonds. The van der Waals surface area contributed by atoms with E-state index in [4.69, 9.17) is 0 Å². The number of likely N-dealkylation sites (tertiary alicyclic amines) is 1. The van der Waals surface area contributed by atoms with Crippen molar-refractivity contribution in [1.29, 1.82) is 0 Å². The zero-order chi connectivity index (χ0) is 18.9. The Morgan fingerprint density at radius 3 is 2.27 bits per heavy atom. The van der Waals surface area contributed by atoms with Gasteiger partial charge >= 0.3 is 0 Å². The molecular weight excluding hydrogens is 420 g/mol. The summed E-state index contributed by atoms with van der Waals surface area (Å²) >= 11 is 3.28. The van der Waals surface area contributed by atoms with Gasteiger partial charge in [-0.1, -0.05) is 34.1 Å². The third-order valence-electron chi connectivity index (χ3n) is 4.14. The number of rotatable bonds is 5. The largest absolute Gasteiger partial charge is 0.280 e. The van der Waals surface area contributed by atoms with Gasteiger partial charge in [0.15, 0.2) is 0 Å². The van der Waals surface area contributed by atoms with E-state index in [1.165, 1.54) is 4.90 Å². The lowest BCUT2D eigenvalue weighted by atomic mass is 10.2. The minimum absolute atomic E-state index is 0.176. The highest BCUT2D eigenvalue weighted by Crippen LogP contribution is 2.24. The van der Waals surface area contributed by atoms with Gasteiger partial charge in [0, 0.05) is 23.0 Å². The smallest absolute Gasteiger partial charge is 0.262 e. The molecule has 0 aromatic heterocycles. The van der Waals surface area contributed by atoms with Crippen molar-refractivity contribution in [3.63, 3.8) is 0 Å². The fourth-order valence-electron chi connectivity index (χ4n) is 2.73. The molecule has 1 aliphatic rings. The molecule has 0 saturated carbocycles. The van der Waals surface area contributed by atoms with Gasteiger partial charge in [0.1, 0.15) is 0 Å². The third kappa shape index (κ3) is 3.96. The quantitative estimate of drug-likeness (QED) is 0.729. The fraction of sp³-hybridized carbons (Fsp3) is 0.222. The number of amides is 2. The topological polar surface area (TPSA) is 83.6 Å². The van der Waals surface area contributed by atoms with E-state index in [1.54, 1.807) is 49.4 Å². The van der Waals surface area contributed by atoms with E-state index in [1.807, 2.05) is 0 Å². The van der Waals surface area contributed by atoms with Crippen molar-refractivity contribution in [2.24, 2.45) is 0 Å². The van der Waals surface area contributed by atoms with Gasteiger partial charge in [-0.05, 0) is 42.3 Å². The lowest BCUT2D eigenvalue weighted by Gasteiger charge is -2.14. The van der Waals surface area contributed by atoms with Crippen LogP contribution in [0.15, 0.2) is 51.8 Å². The van der Waals surface area contributed by atoms with Gasteiger partial charge < -0.3 is 0 Å². The molecule has 26 heavy (non-hydrogen) atoms. The Labute approximate surface area is 160 Å². The highest BCUT2D eigenvalue weighted by Gasteiger charge is 2.28. The fourth-order valence-corrected chi connectivity index (χ4v) is 4.58. The maximum absolute atomic E-state index is 12.6. The summed E-state index contributed by atoms with van der Waals surface area (Å²) < 4.78 is 28.4. The number of benzene rings is 2. The summed E-state index contributed by atoms with van der Waals surface area (Å²) in [6.07, 6.45) is 0.505. The van der Waals surface area contributed by atoms with Crippen LogP contribution in [0.5, 0.6) is 0 Å². The van der Waals surface area contributed by atoms with Crippen LogP contribution in [-0.4, -0.2) is 25.1 Å². The average Bonchev–Trinajstić information content (AvgIpc) is 2.90. The Bertz CT molecular complexity index is 955. The van der Waals surface area contributed by atoms with Crippen molar-refractivity contribution in [3.05, 3.63) is 58.1 Å². The highest BCUT2D eigenvalue weighted by atomic mass is 79.9. The molecule has 1 aliphatic heterocycles. The molecule has 1 fully saturated rings. The molecule has 1 N–H and O–H groups in total. The summed E-state index contributed by atoms with van der Waals surface area (Å²) in [6.45, 7) is 1.93. The molecule has 0 bridgehead atoms. The molecule has 2 aromatic rings. The van der Waals surface area contributed by atoms with Gasteiger partial charge in [-0.2, -0.15) is 0 Å². The van der Waals surface area contributed by atoms with Crippen molar-refractivity contribution < 1.29 is 18.0 Å². The number of hydrogen-bond donors (Lipinski definition) is 1. The van der Waals surface area contributed by atoms with Crippen LogP contribution in [0, 0.1) is 6.92 Å². The molecule has 0 aliphatic carbocycles. The van der Waals surface area contributed by atoms with E-state index in [9.17, 15) is 18.0 Å². The summed E-state index contributed by atoms with van der Waals surface area (Å²) in [5.41, 5.74) is 1.81. The van der Waals surface area contributed by atoms with Gasteiger partial charge in [-0.3, -0.25) is 19.2 Å². The number of nitrogens with zero attached hydrogens (tertiary/aromatic N) is 1. The van der Waals surface area contributed by atoms with E-state index < -0.39 is 10.0 Å². The first-order chi connectivity index (χ1) is 12.3. The number of hydrogen-bond acceptors (Lipinski definition) is 4. The lowest BCUT2D eigenvalue weighted by molar-refractivity contribution is -0.139. The Hall–Kier alpha value is -2.19. The molecule has 0 unspecified atom stereocenters. The lowest BCUT2D eigenvalue weighted by Crippen LogP contribution is -2.28. The van der Waals surface area contributed by atoms with Gasteiger partial charge in [0.05, 0.1) is 11.4 Å². The van der Waals surface area contributed by atoms with E-state index in [0.717, 1.165) is 5.56 Å². The maximum Gasteiger partial charge on any atom is 0.262 e. The van der Waals surface area contributed by atoms with Crippen LogP contribution in [0.2, 0.25) is 0 Å². The number of imide groups is 1. The van der Waals surface area contributed by atoms with Crippen LogP contribution in [0.25, 0.3) is 0 Å². The number of carbonyl (C=O) groups excluding carboxylic acids is 2. The van der Waals surface area contributed by atoms with Crippen molar-refractivity contribution in [2.75, 3.05) is 4.72 Å². The first-order valence-electron chi connectivity index (χ1n) is 7.97. The summed E-state index contributed by atoms with van der Waals surface area (Å²) in [5, 5.41) is 0. The standard InChI is InChI=1S/C18H17BrN2O4S/c1-12-2-5-14(19)10-16(12)26(24,25)20-15-6-3-13(4-7-15)11-21-17(22)8-9-18(21)23/h2-7,10,20H,8-9,11H2,1H3. The van der Waals surface area contributed by atoms with Gasteiger partial charge in [0.25, 0.3) is 10.0 Å². The Morgan fingerprint density at radius 1 is 1.04 bits per heavy atom. The molecule has 6 nitrogen and oxygen atoms in total. The Balaban J connectivity index is 1.75. The Kier molecular flexibility index (Phi) is 5.15. The number of anilines is 1.